The van der Waals surface area contributed by atoms with Gasteiger partial charge in [0.1, 0.15) is 0 Å². The first-order chi connectivity index (χ1) is 6.94. The molecular formula is C11H21BrO2S. The van der Waals surface area contributed by atoms with E-state index in [2.05, 4.69) is 29.8 Å². The highest BCUT2D eigenvalue weighted by molar-refractivity contribution is 9.09. The van der Waals surface area contributed by atoms with E-state index in [1.165, 1.54) is 6.42 Å². The Labute approximate surface area is 102 Å². The summed E-state index contributed by atoms with van der Waals surface area (Å²) in [4.78, 5) is 0. The largest absolute Gasteiger partial charge is 0.229 e. The minimum absolute atomic E-state index is 0.396. The number of hydrogen-bond acceptors (Lipinski definition) is 2. The van der Waals surface area contributed by atoms with Crippen LogP contribution in [0.15, 0.2) is 0 Å². The molecule has 2 nitrogen and oxygen atoms in total. The highest BCUT2D eigenvalue weighted by Crippen LogP contribution is 2.31. The Morgan fingerprint density at radius 2 is 2.00 bits per heavy atom. The van der Waals surface area contributed by atoms with Gasteiger partial charge < -0.3 is 0 Å². The molecule has 0 N–H and O–H groups in total. The van der Waals surface area contributed by atoms with Crippen molar-refractivity contribution in [1.29, 1.82) is 0 Å². The fourth-order valence-electron chi connectivity index (χ4n) is 2.18. The Kier molecular flexibility index (Phi) is 5.10. The summed E-state index contributed by atoms with van der Waals surface area (Å²) in [6.07, 6.45) is 3.23. The van der Waals surface area contributed by atoms with Crippen molar-refractivity contribution in [3.05, 3.63) is 0 Å². The standard InChI is InChI=1S/C11H21BrO2S/c1-9(2)3-4-10(7-12)11-5-6-15(13,14)8-11/h9-11H,3-8H2,1-2H3. The van der Waals surface area contributed by atoms with E-state index in [9.17, 15) is 8.42 Å². The molecule has 0 bridgehead atoms. The Hall–Kier alpha value is 0.430. The molecule has 1 heterocycles. The number of rotatable bonds is 5. The predicted octanol–water partition coefficient (Wildman–Crippen LogP) is 2.87. The van der Waals surface area contributed by atoms with Gasteiger partial charge in [-0.2, -0.15) is 0 Å². The molecule has 1 rings (SSSR count). The lowest BCUT2D eigenvalue weighted by Gasteiger charge is -2.20. The zero-order valence-corrected chi connectivity index (χ0v) is 12.0. The van der Waals surface area contributed by atoms with E-state index >= 15 is 0 Å². The first kappa shape index (κ1) is 13.5. The fourth-order valence-corrected chi connectivity index (χ4v) is 4.95. The number of halogens is 1. The summed E-state index contributed by atoms with van der Waals surface area (Å²) in [6.45, 7) is 4.44. The third-order valence-electron chi connectivity index (χ3n) is 3.25. The van der Waals surface area contributed by atoms with E-state index in [0.29, 0.717) is 29.3 Å². The highest BCUT2D eigenvalue weighted by atomic mass is 79.9. The Balaban J connectivity index is 2.46. The van der Waals surface area contributed by atoms with Gasteiger partial charge in [0.2, 0.25) is 0 Å². The molecule has 2 unspecified atom stereocenters. The van der Waals surface area contributed by atoms with Gasteiger partial charge in [0.05, 0.1) is 11.5 Å². The molecule has 0 aromatic rings. The molecule has 0 aliphatic carbocycles. The van der Waals surface area contributed by atoms with E-state index in [1.54, 1.807) is 0 Å². The summed E-state index contributed by atoms with van der Waals surface area (Å²) in [7, 11) is -2.71. The van der Waals surface area contributed by atoms with Crippen molar-refractivity contribution in [1.82, 2.24) is 0 Å². The maximum absolute atomic E-state index is 11.4. The van der Waals surface area contributed by atoms with Gasteiger partial charge in [0, 0.05) is 5.33 Å². The highest BCUT2D eigenvalue weighted by Gasteiger charge is 2.32. The van der Waals surface area contributed by atoms with Crippen LogP contribution >= 0.6 is 15.9 Å². The summed E-state index contributed by atoms with van der Waals surface area (Å²) in [6, 6.07) is 0. The second-order valence-corrected chi connectivity index (χ2v) is 7.92. The van der Waals surface area contributed by atoms with Crippen molar-refractivity contribution >= 4 is 25.8 Å². The monoisotopic (exact) mass is 296 g/mol. The minimum atomic E-state index is -2.71. The third-order valence-corrected chi connectivity index (χ3v) is 5.87. The zero-order chi connectivity index (χ0) is 11.5. The molecule has 0 radical (unpaired) electrons. The smallest absolute Gasteiger partial charge is 0.150 e. The van der Waals surface area contributed by atoms with Gasteiger partial charge in [-0.1, -0.05) is 36.2 Å². The SMILES string of the molecule is CC(C)CCC(CBr)C1CCS(=O)(=O)C1. The summed E-state index contributed by atoms with van der Waals surface area (Å²) in [5.74, 6) is 2.48. The second kappa shape index (κ2) is 5.67. The summed E-state index contributed by atoms with van der Waals surface area (Å²) < 4.78 is 22.8. The Morgan fingerprint density at radius 1 is 1.33 bits per heavy atom. The van der Waals surface area contributed by atoms with Crippen molar-refractivity contribution in [2.75, 3.05) is 16.8 Å². The van der Waals surface area contributed by atoms with Crippen LogP contribution in [0, 0.1) is 17.8 Å². The first-order valence-corrected chi connectivity index (χ1v) is 8.65. The maximum Gasteiger partial charge on any atom is 0.150 e. The van der Waals surface area contributed by atoms with Gasteiger partial charge in [-0.15, -0.1) is 0 Å². The molecule has 1 aliphatic heterocycles. The second-order valence-electron chi connectivity index (χ2n) is 5.05. The van der Waals surface area contributed by atoms with E-state index in [4.69, 9.17) is 0 Å². The first-order valence-electron chi connectivity index (χ1n) is 5.71. The fraction of sp³-hybridized carbons (Fsp3) is 1.00. The molecule has 1 saturated heterocycles. The molecule has 2 atom stereocenters. The van der Waals surface area contributed by atoms with E-state index in [-0.39, 0.29) is 0 Å². The molecule has 4 heteroatoms. The van der Waals surface area contributed by atoms with E-state index < -0.39 is 9.84 Å². The van der Waals surface area contributed by atoms with Crippen LogP contribution in [-0.2, 0) is 9.84 Å². The van der Waals surface area contributed by atoms with Gasteiger partial charge in [-0.25, -0.2) is 8.42 Å². The van der Waals surface area contributed by atoms with Gasteiger partial charge >= 0.3 is 0 Å². The molecule has 0 aromatic carbocycles. The van der Waals surface area contributed by atoms with Gasteiger partial charge in [-0.05, 0) is 30.6 Å². The van der Waals surface area contributed by atoms with Crippen molar-refractivity contribution < 1.29 is 8.42 Å². The van der Waals surface area contributed by atoms with Gasteiger partial charge in [0.25, 0.3) is 0 Å². The van der Waals surface area contributed by atoms with Crippen LogP contribution in [0.1, 0.15) is 33.1 Å². The number of sulfone groups is 1. The lowest BCUT2D eigenvalue weighted by molar-refractivity contribution is 0.350. The van der Waals surface area contributed by atoms with Crippen LogP contribution in [0.4, 0.5) is 0 Å². The summed E-state index contributed by atoms with van der Waals surface area (Å²) in [5.41, 5.74) is 0. The molecule has 0 saturated carbocycles. The topological polar surface area (TPSA) is 34.1 Å². The van der Waals surface area contributed by atoms with Crippen LogP contribution in [0.2, 0.25) is 0 Å². The van der Waals surface area contributed by atoms with Gasteiger partial charge in [-0.3, -0.25) is 0 Å². The molecule has 15 heavy (non-hydrogen) atoms. The quantitative estimate of drug-likeness (QED) is 0.731. The van der Waals surface area contributed by atoms with Crippen LogP contribution in [0.3, 0.4) is 0 Å². The molecule has 0 aromatic heterocycles. The van der Waals surface area contributed by atoms with Crippen LogP contribution in [0.5, 0.6) is 0 Å². The lowest BCUT2D eigenvalue weighted by Crippen LogP contribution is -2.18. The predicted molar refractivity (Wildman–Crippen MR) is 68.1 cm³/mol. The van der Waals surface area contributed by atoms with Crippen LogP contribution < -0.4 is 0 Å². The Morgan fingerprint density at radius 3 is 2.40 bits per heavy atom. The maximum atomic E-state index is 11.4. The molecule has 90 valence electrons. The molecule has 1 fully saturated rings. The summed E-state index contributed by atoms with van der Waals surface area (Å²) >= 11 is 3.52. The normalized spacial score (nSPS) is 27.1. The van der Waals surface area contributed by atoms with E-state index in [0.717, 1.165) is 18.2 Å². The van der Waals surface area contributed by atoms with Crippen molar-refractivity contribution in [3.63, 3.8) is 0 Å². The van der Waals surface area contributed by atoms with Crippen LogP contribution in [-0.4, -0.2) is 25.3 Å². The lowest BCUT2D eigenvalue weighted by atomic mass is 9.88. The van der Waals surface area contributed by atoms with Gasteiger partial charge in [0.15, 0.2) is 9.84 Å². The van der Waals surface area contributed by atoms with Crippen LogP contribution in [0.25, 0.3) is 0 Å². The molecule has 1 aliphatic rings. The Bertz CT molecular complexity index is 285. The molecule has 0 spiro atoms. The average Bonchev–Trinajstić information content (AvgIpc) is 2.47. The molecular weight excluding hydrogens is 276 g/mol. The van der Waals surface area contributed by atoms with Crippen molar-refractivity contribution in [2.45, 2.75) is 33.1 Å². The minimum Gasteiger partial charge on any atom is -0.229 e. The number of alkyl halides is 1. The average molecular weight is 297 g/mol. The zero-order valence-electron chi connectivity index (χ0n) is 9.58. The van der Waals surface area contributed by atoms with Crippen molar-refractivity contribution in [2.24, 2.45) is 17.8 Å². The van der Waals surface area contributed by atoms with E-state index in [1.807, 2.05) is 0 Å². The summed E-state index contributed by atoms with van der Waals surface area (Å²) in [5, 5.41) is 0.944. The van der Waals surface area contributed by atoms with Crippen molar-refractivity contribution in [3.8, 4) is 0 Å². The molecule has 0 amide bonds. The third kappa shape index (κ3) is 4.43. The number of hydrogen-bond donors (Lipinski definition) is 0.